The van der Waals surface area contributed by atoms with E-state index in [-0.39, 0.29) is 61.0 Å². The topological polar surface area (TPSA) is 94.2 Å². The van der Waals surface area contributed by atoms with Gasteiger partial charge in [-0.3, -0.25) is 19.3 Å². The van der Waals surface area contributed by atoms with Crippen molar-refractivity contribution in [2.75, 3.05) is 19.8 Å². The predicted octanol–water partition coefficient (Wildman–Crippen LogP) is 5.91. The van der Waals surface area contributed by atoms with Gasteiger partial charge in [-0.25, -0.2) is 0 Å². The molecule has 1 aliphatic carbocycles. The van der Waals surface area contributed by atoms with Gasteiger partial charge in [-0.1, -0.05) is 65.0 Å². The van der Waals surface area contributed by atoms with E-state index in [1.165, 1.54) is 0 Å². The van der Waals surface area contributed by atoms with Gasteiger partial charge in [-0.15, -0.1) is 0 Å². The number of ether oxygens (including phenoxy) is 3. The maximum atomic E-state index is 14.0. The van der Waals surface area contributed by atoms with Crippen molar-refractivity contribution in [2.24, 2.45) is 16.2 Å². The zero-order chi connectivity index (χ0) is 31.9. The monoisotopic (exact) mass is 588 g/mol. The van der Waals surface area contributed by atoms with Crippen molar-refractivity contribution < 1.29 is 28.6 Å². The molecule has 0 saturated heterocycles. The number of nitrogens with zero attached hydrogens (tertiary/aromatic N) is 1. The molecule has 0 bridgehead atoms. The first-order valence-corrected chi connectivity index (χ1v) is 15.4. The van der Waals surface area contributed by atoms with Crippen LogP contribution < -0.4 is 5.32 Å². The van der Waals surface area contributed by atoms with Gasteiger partial charge in [0.15, 0.2) is 0 Å². The van der Waals surface area contributed by atoms with Crippen molar-refractivity contribution in [1.29, 1.82) is 0 Å². The Morgan fingerprint density at radius 3 is 2.17 bits per heavy atom. The Morgan fingerprint density at radius 1 is 1.00 bits per heavy atom. The molecule has 0 radical (unpaired) electrons. The van der Waals surface area contributed by atoms with E-state index in [9.17, 15) is 14.4 Å². The zero-order valence-electron chi connectivity index (χ0n) is 28.0. The number of carbonyl (C=O) groups excluding carboxylic acids is 3. The molecular weight excluding hydrogens is 532 g/mol. The summed E-state index contributed by atoms with van der Waals surface area (Å²) in [5.74, 6) is -0.832. The van der Waals surface area contributed by atoms with Gasteiger partial charge in [0.05, 0.1) is 30.7 Å². The average molecular weight is 589 g/mol. The summed E-state index contributed by atoms with van der Waals surface area (Å²) in [6, 6.07) is 8.15. The van der Waals surface area contributed by atoms with E-state index in [0.717, 1.165) is 12.0 Å². The van der Waals surface area contributed by atoms with Crippen LogP contribution in [0.3, 0.4) is 0 Å². The van der Waals surface area contributed by atoms with Gasteiger partial charge in [0.1, 0.15) is 12.6 Å². The molecule has 4 atom stereocenters. The normalized spacial score (nSPS) is 20.5. The summed E-state index contributed by atoms with van der Waals surface area (Å²) >= 11 is 0. The molecule has 0 spiro atoms. The second kappa shape index (κ2) is 14.3. The number of nitrogens with one attached hydrogen (secondary N) is 1. The van der Waals surface area contributed by atoms with Crippen molar-refractivity contribution in [3.05, 3.63) is 35.9 Å². The van der Waals surface area contributed by atoms with E-state index >= 15 is 0 Å². The predicted molar refractivity (Wildman–Crippen MR) is 166 cm³/mol. The summed E-state index contributed by atoms with van der Waals surface area (Å²) in [7, 11) is 0. The van der Waals surface area contributed by atoms with Gasteiger partial charge in [-0.05, 0) is 70.8 Å². The molecule has 1 saturated carbocycles. The fourth-order valence-electron chi connectivity index (χ4n) is 5.98. The summed E-state index contributed by atoms with van der Waals surface area (Å²) in [5.41, 5.74) is -0.399. The molecule has 238 valence electrons. The van der Waals surface area contributed by atoms with Crippen LogP contribution in [-0.2, 0) is 35.2 Å². The summed E-state index contributed by atoms with van der Waals surface area (Å²) in [6.45, 7) is 23.5. The van der Waals surface area contributed by atoms with Crippen molar-refractivity contribution in [3.63, 3.8) is 0 Å². The second-order valence-electron chi connectivity index (χ2n) is 14.9. The minimum absolute atomic E-state index is 0.0862. The van der Waals surface area contributed by atoms with Crippen LogP contribution in [0.2, 0.25) is 0 Å². The number of benzene rings is 1. The molecule has 4 unspecified atom stereocenters. The van der Waals surface area contributed by atoms with Gasteiger partial charge < -0.3 is 19.5 Å². The van der Waals surface area contributed by atoms with Gasteiger partial charge in [-0.2, -0.15) is 0 Å². The Balaban J connectivity index is 2.33. The maximum Gasteiger partial charge on any atom is 0.323 e. The van der Waals surface area contributed by atoms with Crippen molar-refractivity contribution in [1.82, 2.24) is 10.2 Å². The standard InChI is InChI=1S/C34H56N2O6/c1-12-40-28(37)18-24(2)36(25(3)29(38)41-20-26-16-14-13-15-17-26)27-19-34(27,23-42-32(7,8)9)30(39)35-22-33(10,11)21-31(4,5)6/h13-17,24-25,27H,12,18-23H2,1-11H3,(H,35,39). The summed E-state index contributed by atoms with van der Waals surface area (Å²) < 4.78 is 17.2. The van der Waals surface area contributed by atoms with Gasteiger partial charge in [0.25, 0.3) is 0 Å². The molecular formula is C34H56N2O6. The Hall–Kier alpha value is -2.45. The lowest BCUT2D eigenvalue weighted by atomic mass is 9.76. The molecule has 1 aromatic carbocycles. The van der Waals surface area contributed by atoms with Crippen molar-refractivity contribution in [2.45, 2.75) is 126 Å². The molecule has 1 amide bonds. The van der Waals surface area contributed by atoms with E-state index in [2.05, 4.69) is 39.9 Å². The molecule has 1 aromatic rings. The molecule has 1 aliphatic rings. The van der Waals surface area contributed by atoms with Crippen LogP contribution in [0.1, 0.15) is 101 Å². The Labute approximate surface area is 254 Å². The number of amides is 1. The minimum atomic E-state index is -0.859. The van der Waals surface area contributed by atoms with Crippen LogP contribution in [-0.4, -0.2) is 66.2 Å². The van der Waals surface area contributed by atoms with Crippen LogP contribution in [0.5, 0.6) is 0 Å². The van der Waals surface area contributed by atoms with Crippen LogP contribution in [0.4, 0.5) is 0 Å². The highest BCUT2D eigenvalue weighted by Crippen LogP contribution is 2.52. The molecule has 42 heavy (non-hydrogen) atoms. The van der Waals surface area contributed by atoms with Gasteiger partial charge in [0, 0.05) is 18.6 Å². The Bertz CT molecular complexity index is 1040. The summed E-state index contributed by atoms with van der Waals surface area (Å²) in [5, 5.41) is 3.23. The number of carbonyl (C=O) groups is 3. The third kappa shape index (κ3) is 11.0. The Morgan fingerprint density at radius 2 is 1.62 bits per heavy atom. The molecule has 1 N–H and O–H groups in total. The molecule has 8 heteroatoms. The van der Waals surface area contributed by atoms with E-state index in [1.54, 1.807) is 13.8 Å². The highest BCUT2D eigenvalue weighted by Gasteiger charge is 2.64. The Kier molecular flexibility index (Phi) is 12.2. The summed E-state index contributed by atoms with van der Waals surface area (Å²) in [4.78, 5) is 41.9. The third-order valence-corrected chi connectivity index (χ3v) is 7.64. The number of hydrogen-bond donors (Lipinski definition) is 1. The first-order chi connectivity index (χ1) is 19.3. The van der Waals surface area contributed by atoms with Crippen molar-refractivity contribution >= 4 is 17.8 Å². The van der Waals surface area contributed by atoms with Crippen LogP contribution in [0.15, 0.2) is 30.3 Å². The second-order valence-corrected chi connectivity index (χ2v) is 14.9. The van der Waals surface area contributed by atoms with Crippen LogP contribution in [0, 0.1) is 16.2 Å². The van der Waals surface area contributed by atoms with Crippen molar-refractivity contribution in [3.8, 4) is 0 Å². The molecule has 8 nitrogen and oxygen atoms in total. The highest BCUT2D eigenvalue weighted by molar-refractivity contribution is 5.87. The van der Waals surface area contributed by atoms with E-state index in [1.807, 2.05) is 62.9 Å². The average Bonchev–Trinajstić information content (AvgIpc) is 3.58. The molecule has 0 heterocycles. The van der Waals surface area contributed by atoms with E-state index in [0.29, 0.717) is 13.0 Å². The molecule has 1 fully saturated rings. The van der Waals surface area contributed by atoms with Gasteiger partial charge >= 0.3 is 11.9 Å². The van der Waals surface area contributed by atoms with E-state index in [4.69, 9.17) is 14.2 Å². The zero-order valence-corrected chi connectivity index (χ0v) is 28.0. The lowest BCUT2D eigenvalue weighted by Gasteiger charge is -2.36. The molecule has 0 aliphatic heterocycles. The third-order valence-electron chi connectivity index (χ3n) is 7.64. The lowest BCUT2D eigenvalue weighted by molar-refractivity contribution is -0.155. The fraction of sp³-hybridized carbons (Fsp3) is 0.735. The SMILES string of the molecule is CCOC(=O)CC(C)N(C(C)C(=O)OCc1ccccc1)C1CC1(COC(C)(C)C)C(=O)NCC(C)(C)CC(C)(C)C. The van der Waals surface area contributed by atoms with E-state index < -0.39 is 23.0 Å². The smallest absolute Gasteiger partial charge is 0.323 e. The maximum absolute atomic E-state index is 14.0. The summed E-state index contributed by atoms with van der Waals surface area (Å²) in [6.07, 6.45) is 1.55. The fourth-order valence-corrected chi connectivity index (χ4v) is 5.98. The first-order valence-electron chi connectivity index (χ1n) is 15.4. The lowest BCUT2D eigenvalue weighted by Crippen LogP contribution is -2.52. The van der Waals surface area contributed by atoms with Crippen LogP contribution >= 0.6 is 0 Å². The highest BCUT2D eigenvalue weighted by atomic mass is 16.5. The van der Waals surface area contributed by atoms with Gasteiger partial charge in [0.2, 0.25) is 5.91 Å². The quantitative estimate of drug-likeness (QED) is 0.254. The largest absolute Gasteiger partial charge is 0.466 e. The van der Waals surface area contributed by atoms with Crippen LogP contribution in [0.25, 0.3) is 0 Å². The molecule has 0 aromatic heterocycles. The molecule has 2 rings (SSSR count). The number of esters is 2. The first kappa shape index (κ1) is 35.7. The minimum Gasteiger partial charge on any atom is -0.466 e. The number of hydrogen-bond acceptors (Lipinski definition) is 7. The number of rotatable bonds is 15.